The zero-order chi connectivity index (χ0) is 19.6. The van der Waals surface area contributed by atoms with Crippen molar-refractivity contribution in [3.8, 4) is 17.4 Å². The van der Waals surface area contributed by atoms with Gasteiger partial charge in [0.2, 0.25) is 0 Å². The molecule has 1 aromatic carbocycles. The van der Waals surface area contributed by atoms with Crippen molar-refractivity contribution >= 4 is 17.9 Å². The summed E-state index contributed by atoms with van der Waals surface area (Å²) in [6.07, 6.45) is 2.12. The van der Waals surface area contributed by atoms with Gasteiger partial charge >= 0.3 is 0 Å². The van der Waals surface area contributed by atoms with E-state index < -0.39 is 11.8 Å². The van der Waals surface area contributed by atoms with Crippen LogP contribution in [0.1, 0.15) is 26.0 Å². The number of hydrogen-bond acceptors (Lipinski definition) is 4. The summed E-state index contributed by atoms with van der Waals surface area (Å²) in [7, 11) is 0. The van der Waals surface area contributed by atoms with Gasteiger partial charge in [-0.15, -0.1) is 0 Å². The van der Waals surface area contributed by atoms with E-state index in [4.69, 9.17) is 4.42 Å². The van der Waals surface area contributed by atoms with Gasteiger partial charge in [-0.3, -0.25) is 14.5 Å². The molecule has 0 bridgehead atoms. The summed E-state index contributed by atoms with van der Waals surface area (Å²) in [5.74, 6) is -0.427. The molecule has 27 heavy (non-hydrogen) atoms. The molecular formula is C21H17FN2O3. The summed E-state index contributed by atoms with van der Waals surface area (Å²) in [4.78, 5) is 26.1. The first-order chi connectivity index (χ1) is 13.0. The standard InChI is InChI=1S/C21H17FN2O3/c1-3-10-24-20(25)17(13(2)18(12-23)21(24)26)11-16-8-9-19(27-16)14-4-6-15(22)7-5-14/h4-9,11H,3,10H2,1-2H3/b17-11+. The van der Waals surface area contributed by atoms with E-state index in [0.29, 0.717) is 29.1 Å². The van der Waals surface area contributed by atoms with E-state index in [1.165, 1.54) is 18.2 Å². The Morgan fingerprint density at radius 2 is 1.85 bits per heavy atom. The van der Waals surface area contributed by atoms with E-state index in [1.807, 2.05) is 13.0 Å². The second kappa shape index (κ2) is 7.42. The Morgan fingerprint density at radius 1 is 1.15 bits per heavy atom. The number of furan rings is 1. The predicted octanol–water partition coefficient (Wildman–Crippen LogP) is 4.09. The maximum atomic E-state index is 13.1. The molecule has 1 aromatic heterocycles. The van der Waals surface area contributed by atoms with Crippen molar-refractivity contribution in [3.63, 3.8) is 0 Å². The van der Waals surface area contributed by atoms with Crippen LogP contribution in [0.4, 0.5) is 4.39 Å². The highest BCUT2D eigenvalue weighted by molar-refractivity contribution is 6.19. The molecule has 0 saturated carbocycles. The van der Waals surface area contributed by atoms with Crippen LogP contribution in [0.15, 0.2) is 57.5 Å². The molecule has 6 heteroatoms. The number of halogens is 1. The van der Waals surface area contributed by atoms with Crippen molar-refractivity contribution in [3.05, 3.63) is 64.7 Å². The van der Waals surface area contributed by atoms with Crippen molar-refractivity contribution in [1.29, 1.82) is 5.26 Å². The Hall–Kier alpha value is -3.46. The van der Waals surface area contributed by atoms with E-state index in [9.17, 15) is 19.2 Å². The molecule has 2 amide bonds. The minimum atomic E-state index is -0.564. The summed E-state index contributed by atoms with van der Waals surface area (Å²) >= 11 is 0. The van der Waals surface area contributed by atoms with Crippen molar-refractivity contribution in [1.82, 2.24) is 4.90 Å². The van der Waals surface area contributed by atoms with Crippen molar-refractivity contribution < 1.29 is 18.4 Å². The minimum absolute atomic E-state index is 0.0420. The monoisotopic (exact) mass is 364 g/mol. The smallest absolute Gasteiger partial charge is 0.271 e. The van der Waals surface area contributed by atoms with Crippen molar-refractivity contribution in [2.24, 2.45) is 0 Å². The molecule has 136 valence electrons. The molecule has 0 aliphatic carbocycles. The molecule has 2 heterocycles. The van der Waals surface area contributed by atoms with Crippen LogP contribution in [0.25, 0.3) is 17.4 Å². The summed E-state index contributed by atoms with van der Waals surface area (Å²) in [6.45, 7) is 3.67. The van der Waals surface area contributed by atoms with E-state index >= 15 is 0 Å². The highest BCUT2D eigenvalue weighted by atomic mass is 19.1. The van der Waals surface area contributed by atoms with Gasteiger partial charge in [-0.05, 0) is 61.4 Å². The van der Waals surface area contributed by atoms with Gasteiger partial charge in [0.05, 0.1) is 0 Å². The number of nitrogens with zero attached hydrogens (tertiary/aromatic N) is 2. The summed E-state index contributed by atoms with van der Waals surface area (Å²) in [6, 6.07) is 11.1. The number of imide groups is 1. The maximum absolute atomic E-state index is 13.1. The zero-order valence-corrected chi connectivity index (χ0v) is 15.0. The average Bonchev–Trinajstić information content (AvgIpc) is 3.12. The molecular weight excluding hydrogens is 347 g/mol. The van der Waals surface area contributed by atoms with Gasteiger partial charge in [-0.2, -0.15) is 5.26 Å². The molecule has 3 rings (SSSR count). The second-order valence-electron chi connectivity index (χ2n) is 6.14. The summed E-state index contributed by atoms with van der Waals surface area (Å²) in [5, 5.41) is 9.32. The van der Waals surface area contributed by atoms with Crippen LogP contribution in [0.2, 0.25) is 0 Å². The van der Waals surface area contributed by atoms with Crippen LogP contribution in [0, 0.1) is 17.1 Å². The van der Waals surface area contributed by atoms with E-state index in [1.54, 1.807) is 31.2 Å². The van der Waals surface area contributed by atoms with Crippen LogP contribution < -0.4 is 0 Å². The van der Waals surface area contributed by atoms with Gasteiger partial charge in [0, 0.05) is 17.7 Å². The second-order valence-corrected chi connectivity index (χ2v) is 6.14. The fourth-order valence-electron chi connectivity index (χ4n) is 2.90. The molecule has 2 aromatic rings. The zero-order valence-electron chi connectivity index (χ0n) is 15.0. The minimum Gasteiger partial charge on any atom is -0.457 e. The third kappa shape index (κ3) is 3.44. The van der Waals surface area contributed by atoms with E-state index in [0.717, 1.165) is 4.90 Å². The number of amides is 2. The number of hydrogen-bond donors (Lipinski definition) is 0. The molecule has 0 spiro atoms. The van der Waals surface area contributed by atoms with Gasteiger partial charge < -0.3 is 4.42 Å². The number of nitriles is 1. The fourth-order valence-corrected chi connectivity index (χ4v) is 2.90. The lowest BCUT2D eigenvalue weighted by atomic mass is 9.94. The first-order valence-electron chi connectivity index (χ1n) is 8.51. The lowest BCUT2D eigenvalue weighted by Crippen LogP contribution is -2.43. The van der Waals surface area contributed by atoms with Crippen LogP contribution >= 0.6 is 0 Å². The molecule has 1 aliphatic heterocycles. The number of benzene rings is 1. The normalized spacial score (nSPS) is 16.2. The molecule has 0 saturated heterocycles. The lowest BCUT2D eigenvalue weighted by molar-refractivity contribution is -0.140. The number of carbonyl (C=O) groups excluding carboxylic acids is 2. The van der Waals surface area contributed by atoms with Crippen LogP contribution in [-0.4, -0.2) is 23.3 Å². The fraction of sp³-hybridized carbons (Fsp3) is 0.190. The van der Waals surface area contributed by atoms with Gasteiger partial charge in [-0.1, -0.05) is 6.92 Å². The van der Waals surface area contributed by atoms with Gasteiger partial charge in [-0.25, -0.2) is 4.39 Å². The highest BCUT2D eigenvalue weighted by Gasteiger charge is 2.35. The maximum Gasteiger partial charge on any atom is 0.271 e. The summed E-state index contributed by atoms with van der Waals surface area (Å²) in [5.41, 5.74) is 1.24. The highest BCUT2D eigenvalue weighted by Crippen LogP contribution is 2.29. The molecule has 0 fully saturated rings. The molecule has 0 atom stereocenters. The lowest BCUT2D eigenvalue weighted by Gasteiger charge is -2.26. The van der Waals surface area contributed by atoms with E-state index in [2.05, 4.69) is 0 Å². The SMILES string of the molecule is CCCN1C(=O)C(C#N)=C(C)/C(=C\c2ccc(-c3ccc(F)cc3)o2)C1=O. The van der Waals surface area contributed by atoms with Gasteiger partial charge in [0.1, 0.15) is 29.0 Å². The molecule has 5 nitrogen and oxygen atoms in total. The van der Waals surface area contributed by atoms with Crippen LogP contribution in [0.3, 0.4) is 0 Å². The third-order valence-electron chi connectivity index (χ3n) is 4.31. The Labute approximate surface area is 156 Å². The van der Waals surface area contributed by atoms with Gasteiger partial charge in [0.25, 0.3) is 11.8 Å². The molecule has 0 N–H and O–H groups in total. The average molecular weight is 364 g/mol. The number of carbonyl (C=O) groups is 2. The molecule has 1 aliphatic rings. The molecule has 0 radical (unpaired) electrons. The van der Waals surface area contributed by atoms with Gasteiger partial charge in [0.15, 0.2) is 0 Å². The van der Waals surface area contributed by atoms with Crippen molar-refractivity contribution in [2.75, 3.05) is 6.54 Å². The largest absolute Gasteiger partial charge is 0.457 e. The predicted molar refractivity (Wildman–Crippen MR) is 97.4 cm³/mol. The quantitative estimate of drug-likeness (QED) is 0.605. The first kappa shape index (κ1) is 18.3. The summed E-state index contributed by atoms with van der Waals surface area (Å²) < 4.78 is 18.8. The van der Waals surface area contributed by atoms with Crippen molar-refractivity contribution in [2.45, 2.75) is 20.3 Å². The Morgan fingerprint density at radius 3 is 2.48 bits per heavy atom. The Kier molecular flexibility index (Phi) is 5.04. The topological polar surface area (TPSA) is 74.3 Å². The number of rotatable bonds is 4. The van der Waals surface area contributed by atoms with Crippen LogP contribution in [-0.2, 0) is 9.59 Å². The molecule has 0 unspecified atom stereocenters. The first-order valence-corrected chi connectivity index (χ1v) is 8.51. The Balaban J connectivity index is 2.01. The van der Waals surface area contributed by atoms with E-state index in [-0.39, 0.29) is 23.5 Å². The third-order valence-corrected chi connectivity index (χ3v) is 4.31. The van der Waals surface area contributed by atoms with Crippen LogP contribution in [0.5, 0.6) is 0 Å². The Bertz CT molecular complexity index is 1010.